The highest BCUT2D eigenvalue weighted by Gasteiger charge is 2.12. The van der Waals surface area contributed by atoms with Gasteiger partial charge in [0.05, 0.1) is 6.04 Å². The van der Waals surface area contributed by atoms with E-state index in [1.54, 1.807) is 12.4 Å². The molecule has 3 heteroatoms. The van der Waals surface area contributed by atoms with E-state index in [2.05, 4.69) is 35.9 Å². The van der Waals surface area contributed by atoms with E-state index in [-0.39, 0.29) is 6.04 Å². The molecule has 0 spiro atoms. The summed E-state index contributed by atoms with van der Waals surface area (Å²) in [6.45, 7) is 6.14. The van der Waals surface area contributed by atoms with E-state index >= 15 is 0 Å². The number of hydrogen-bond acceptors (Lipinski definition) is 3. The molecule has 0 fully saturated rings. The fourth-order valence-corrected chi connectivity index (χ4v) is 1.67. The lowest BCUT2D eigenvalue weighted by Crippen LogP contribution is -2.15. The Morgan fingerprint density at radius 3 is 2.24 bits per heavy atom. The highest BCUT2D eigenvalue weighted by Crippen LogP contribution is 2.19. The summed E-state index contributed by atoms with van der Waals surface area (Å²) >= 11 is 0. The van der Waals surface area contributed by atoms with Crippen molar-refractivity contribution in [2.45, 2.75) is 26.8 Å². The van der Waals surface area contributed by atoms with Gasteiger partial charge in [-0.05, 0) is 43.0 Å². The minimum Gasteiger partial charge on any atom is -0.318 e. The van der Waals surface area contributed by atoms with E-state index < -0.39 is 0 Å². The van der Waals surface area contributed by atoms with Crippen LogP contribution in [0.15, 0.2) is 30.6 Å². The normalized spacial score (nSPS) is 12.5. The van der Waals surface area contributed by atoms with E-state index in [1.165, 1.54) is 11.1 Å². The number of aromatic nitrogens is 2. The summed E-state index contributed by atoms with van der Waals surface area (Å²) in [7, 11) is 0. The zero-order valence-corrected chi connectivity index (χ0v) is 10.4. The first-order chi connectivity index (χ1) is 8.08. The maximum absolute atomic E-state index is 6.16. The molecule has 0 bridgehead atoms. The second-order valence-electron chi connectivity index (χ2n) is 4.44. The maximum atomic E-state index is 6.16. The molecule has 1 aromatic heterocycles. The molecule has 88 valence electrons. The molecular formula is C14H17N3. The molecule has 1 aromatic carbocycles. The van der Waals surface area contributed by atoms with Gasteiger partial charge in [-0.25, -0.2) is 9.97 Å². The molecule has 1 unspecified atom stereocenters. The monoisotopic (exact) mass is 227 g/mol. The number of benzene rings is 1. The predicted octanol–water partition coefficient (Wildman–Crippen LogP) is 2.45. The Labute approximate surface area is 102 Å². The van der Waals surface area contributed by atoms with Crippen LogP contribution in [0.3, 0.4) is 0 Å². The molecule has 1 atom stereocenters. The number of hydrogen-bond donors (Lipinski definition) is 1. The van der Waals surface area contributed by atoms with Crippen LogP contribution in [0, 0.1) is 20.8 Å². The van der Waals surface area contributed by atoms with Crippen molar-refractivity contribution in [1.29, 1.82) is 0 Å². The first-order valence-electron chi connectivity index (χ1n) is 5.69. The van der Waals surface area contributed by atoms with Gasteiger partial charge in [-0.15, -0.1) is 0 Å². The van der Waals surface area contributed by atoms with Crippen molar-refractivity contribution in [2.75, 3.05) is 0 Å². The van der Waals surface area contributed by atoms with Crippen LogP contribution in [0.2, 0.25) is 0 Å². The zero-order chi connectivity index (χ0) is 12.4. The van der Waals surface area contributed by atoms with Crippen LogP contribution in [0.5, 0.6) is 0 Å². The number of rotatable bonds is 2. The zero-order valence-electron chi connectivity index (χ0n) is 10.4. The molecule has 17 heavy (non-hydrogen) atoms. The Kier molecular flexibility index (Phi) is 3.20. The first kappa shape index (κ1) is 11.7. The van der Waals surface area contributed by atoms with Crippen molar-refractivity contribution in [2.24, 2.45) is 5.73 Å². The standard InChI is InChI=1S/C14H17N3/c1-9-7-16-14(17-8-9)13(15)12-5-4-10(2)11(3)6-12/h4-8,13H,15H2,1-3H3. The van der Waals surface area contributed by atoms with Crippen LogP contribution in [-0.2, 0) is 0 Å². The summed E-state index contributed by atoms with van der Waals surface area (Å²) in [4.78, 5) is 8.54. The number of nitrogens with two attached hydrogens (primary N) is 1. The van der Waals surface area contributed by atoms with Crippen molar-refractivity contribution in [1.82, 2.24) is 9.97 Å². The summed E-state index contributed by atoms with van der Waals surface area (Å²) in [5, 5.41) is 0. The fraction of sp³-hybridized carbons (Fsp3) is 0.286. The first-order valence-corrected chi connectivity index (χ1v) is 5.69. The van der Waals surface area contributed by atoms with E-state index in [9.17, 15) is 0 Å². The molecule has 1 heterocycles. The van der Waals surface area contributed by atoms with Crippen LogP contribution in [0.1, 0.15) is 34.1 Å². The van der Waals surface area contributed by atoms with Crippen molar-refractivity contribution in [3.8, 4) is 0 Å². The van der Waals surface area contributed by atoms with Gasteiger partial charge in [0.25, 0.3) is 0 Å². The van der Waals surface area contributed by atoms with Gasteiger partial charge in [0, 0.05) is 12.4 Å². The van der Waals surface area contributed by atoms with Gasteiger partial charge in [-0.3, -0.25) is 0 Å². The molecule has 2 rings (SSSR count). The minimum atomic E-state index is -0.255. The summed E-state index contributed by atoms with van der Waals surface area (Å²) < 4.78 is 0. The molecule has 2 N–H and O–H groups in total. The van der Waals surface area contributed by atoms with Crippen LogP contribution in [0.4, 0.5) is 0 Å². The van der Waals surface area contributed by atoms with E-state index in [1.807, 2.05) is 13.0 Å². The second kappa shape index (κ2) is 4.63. The lowest BCUT2D eigenvalue weighted by molar-refractivity contribution is 0.776. The van der Waals surface area contributed by atoms with Gasteiger partial charge in [0.2, 0.25) is 0 Å². The largest absolute Gasteiger partial charge is 0.318 e. The number of aryl methyl sites for hydroxylation is 3. The van der Waals surface area contributed by atoms with E-state index in [0.717, 1.165) is 11.1 Å². The smallest absolute Gasteiger partial charge is 0.149 e. The Hall–Kier alpha value is -1.74. The third-order valence-electron chi connectivity index (χ3n) is 2.97. The van der Waals surface area contributed by atoms with Gasteiger partial charge in [0.15, 0.2) is 0 Å². The van der Waals surface area contributed by atoms with Crippen LogP contribution >= 0.6 is 0 Å². The van der Waals surface area contributed by atoms with Crippen molar-refractivity contribution >= 4 is 0 Å². The molecule has 0 amide bonds. The van der Waals surface area contributed by atoms with Crippen LogP contribution in [-0.4, -0.2) is 9.97 Å². The Morgan fingerprint density at radius 2 is 1.65 bits per heavy atom. The molecule has 0 aliphatic rings. The van der Waals surface area contributed by atoms with Gasteiger partial charge < -0.3 is 5.73 Å². The van der Waals surface area contributed by atoms with E-state index in [4.69, 9.17) is 5.73 Å². The van der Waals surface area contributed by atoms with E-state index in [0.29, 0.717) is 5.82 Å². The second-order valence-corrected chi connectivity index (χ2v) is 4.44. The Balaban J connectivity index is 2.33. The Bertz CT molecular complexity index is 517. The lowest BCUT2D eigenvalue weighted by atomic mass is 10.0. The molecule has 0 saturated carbocycles. The minimum absolute atomic E-state index is 0.255. The summed E-state index contributed by atoms with van der Waals surface area (Å²) in [6, 6.07) is 5.97. The average Bonchev–Trinajstić information content (AvgIpc) is 2.33. The van der Waals surface area contributed by atoms with Gasteiger partial charge in [0.1, 0.15) is 5.82 Å². The van der Waals surface area contributed by atoms with Gasteiger partial charge in [-0.2, -0.15) is 0 Å². The highest BCUT2D eigenvalue weighted by atomic mass is 14.9. The lowest BCUT2D eigenvalue weighted by Gasteiger charge is -2.12. The Morgan fingerprint density at radius 1 is 1.00 bits per heavy atom. The maximum Gasteiger partial charge on any atom is 0.149 e. The van der Waals surface area contributed by atoms with Gasteiger partial charge >= 0.3 is 0 Å². The predicted molar refractivity (Wildman–Crippen MR) is 68.7 cm³/mol. The fourth-order valence-electron chi connectivity index (χ4n) is 1.67. The molecular weight excluding hydrogens is 210 g/mol. The van der Waals surface area contributed by atoms with Crippen molar-refractivity contribution in [3.05, 3.63) is 58.7 Å². The molecule has 0 aliphatic carbocycles. The third-order valence-corrected chi connectivity index (χ3v) is 2.97. The molecule has 0 aliphatic heterocycles. The van der Waals surface area contributed by atoms with Crippen molar-refractivity contribution in [3.63, 3.8) is 0 Å². The topological polar surface area (TPSA) is 51.8 Å². The summed E-state index contributed by atoms with van der Waals surface area (Å²) in [5.41, 5.74) is 10.8. The third kappa shape index (κ3) is 2.50. The number of nitrogens with zero attached hydrogens (tertiary/aromatic N) is 2. The SMILES string of the molecule is Cc1cnc(C(N)c2ccc(C)c(C)c2)nc1. The summed E-state index contributed by atoms with van der Waals surface area (Å²) in [6.07, 6.45) is 3.59. The molecule has 0 radical (unpaired) electrons. The molecule has 0 saturated heterocycles. The van der Waals surface area contributed by atoms with Gasteiger partial charge in [-0.1, -0.05) is 18.2 Å². The van der Waals surface area contributed by atoms with Crippen molar-refractivity contribution < 1.29 is 0 Å². The molecule has 3 nitrogen and oxygen atoms in total. The molecule has 2 aromatic rings. The quantitative estimate of drug-likeness (QED) is 0.857. The summed E-state index contributed by atoms with van der Waals surface area (Å²) in [5.74, 6) is 0.666. The van der Waals surface area contributed by atoms with Crippen LogP contribution in [0.25, 0.3) is 0 Å². The van der Waals surface area contributed by atoms with Crippen LogP contribution < -0.4 is 5.73 Å². The average molecular weight is 227 g/mol. The highest BCUT2D eigenvalue weighted by molar-refractivity contribution is 5.33.